The van der Waals surface area contributed by atoms with Crippen LogP contribution in [0.1, 0.15) is 15.9 Å². The summed E-state index contributed by atoms with van der Waals surface area (Å²) < 4.78 is 45.4. The summed E-state index contributed by atoms with van der Waals surface area (Å²) in [5, 5.41) is 1.17. The van der Waals surface area contributed by atoms with Crippen LogP contribution in [0.4, 0.5) is 4.39 Å². The summed E-state index contributed by atoms with van der Waals surface area (Å²) in [5.41, 5.74) is 0.732. The number of hydrogen-bond donors (Lipinski definition) is 0. The first kappa shape index (κ1) is 20.0. The smallest absolute Gasteiger partial charge is 0.256 e. The number of sulfonamides is 1. The molecule has 1 fully saturated rings. The Labute approximate surface area is 163 Å². The van der Waals surface area contributed by atoms with Crippen LogP contribution in [-0.4, -0.2) is 56.8 Å². The minimum atomic E-state index is -3.59. The molecule has 3 rings (SSSR count). The fourth-order valence-electron chi connectivity index (χ4n) is 2.93. The number of rotatable bonds is 5. The van der Waals surface area contributed by atoms with E-state index < -0.39 is 21.7 Å². The molecule has 1 aliphatic rings. The minimum Gasteiger partial charge on any atom is -0.497 e. The number of ether oxygens (including phenoxy) is 1. The lowest BCUT2D eigenvalue weighted by Gasteiger charge is -2.33. The zero-order valence-corrected chi connectivity index (χ0v) is 16.2. The van der Waals surface area contributed by atoms with Crippen molar-refractivity contribution in [3.8, 4) is 5.75 Å². The molecule has 0 radical (unpaired) electrons. The van der Waals surface area contributed by atoms with E-state index in [9.17, 15) is 17.6 Å². The van der Waals surface area contributed by atoms with Crippen molar-refractivity contribution < 1.29 is 22.3 Å². The van der Waals surface area contributed by atoms with Crippen LogP contribution in [-0.2, 0) is 10.0 Å². The van der Waals surface area contributed by atoms with Gasteiger partial charge in [-0.05, 0) is 23.8 Å². The molecule has 0 N–H and O–H groups in total. The largest absolute Gasteiger partial charge is 0.497 e. The van der Waals surface area contributed by atoms with Gasteiger partial charge in [-0.3, -0.25) is 4.79 Å². The van der Waals surface area contributed by atoms with Gasteiger partial charge in [-0.1, -0.05) is 30.3 Å². The second kappa shape index (κ2) is 8.53. The highest BCUT2D eigenvalue weighted by Gasteiger charge is 2.28. The predicted molar refractivity (Wildman–Crippen MR) is 105 cm³/mol. The number of nitrogens with zero attached hydrogens (tertiary/aromatic N) is 2. The molecule has 2 aromatic rings. The van der Waals surface area contributed by atoms with Crippen molar-refractivity contribution in [2.45, 2.75) is 0 Å². The van der Waals surface area contributed by atoms with Crippen molar-refractivity contribution in [3.63, 3.8) is 0 Å². The Kier molecular flexibility index (Phi) is 6.11. The molecule has 0 aromatic heterocycles. The SMILES string of the molecule is COc1ccc(C(=O)N2CCN(S(=O)(=O)/C=C/c3ccccc3)CC2)c(F)c1. The summed E-state index contributed by atoms with van der Waals surface area (Å²) in [5.74, 6) is -0.794. The Balaban J connectivity index is 1.63. The number of carbonyl (C=O) groups excluding carboxylic acids is 1. The van der Waals surface area contributed by atoms with Gasteiger partial charge in [0.25, 0.3) is 5.91 Å². The first-order valence-electron chi connectivity index (χ1n) is 8.77. The van der Waals surface area contributed by atoms with Crippen LogP contribution in [0.2, 0.25) is 0 Å². The lowest BCUT2D eigenvalue weighted by atomic mass is 10.1. The van der Waals surface area contributed by atoms with Gasteiger partial charge in [0.1, 0.15) is 11.6 Å². The van der Waals surface area contributed by atoms with Crippen LogP contribution in [0.5, 0.6) is 5.75 Å². The van der Waals surface area contributed by atoms with Crippen LogP contribution >= 0.6 is 0 Å². The molecule has 1 amide bonds. The second-order valence-electron chi connectivity index (χ2n) is 6.30. The van der Waals surface area contributed by atoms with Gasteiger partial charge in [-0.15, -0.1) is 0 Å². The molecule has 0 atom stereocenters. The van der Waals surface area contributed by atoms with Gasteiger partial charge in [-0.25, -0.2) is 12.8 Å². The molecule has 0 bridgehead atoms. The van der Waals surface area contributed by atoms with Crippen LogP contribution in [0, 0.1) is 5.82 Å². The third-order valence-electron chi connectivity index (χ3n) is 4.52. The first-order chi connectivity index (χ1) is 13.4. The monoisotopic (exact) mass is 404 g/mol. The minimum absolute atomic E-state index is 0.0546. The Hall–Kier alpha value is -2.71. The topological polar surface area (TPSA) is 66.9 Å². The van der Waals surface area contributed by atoms with Crippen LogP contribution < -0.4 is 4.74 Å². The molecule has 28 heavy (non-hydrogen) atoms. The van der Waals surface area contributed by atoms with Crippen LogP contribution in [0.3, 0.4) is 0 Å². The fourth-order valence-corrected chi connectivity index (χ4v) is 4.10. The van der Waals surface area contributed by atoms with Crippen molar-refractivity contribution in [2.24, 2.45) is 0 Å². The van der Waals surface area contributed by atoms with Gasteiger partial charge in [-0.2, -0.15) is 4.31 Å². The number of halogens is 1. The van der Waals surface area contributed by atoms with E-state index in [1.54, 1.807) is 6.08 Å². The van der Waals surface area contributed by atoms with Crippen molar-refractivity contribution >= 4 is 22.0 Å². The van der Waals surface area contributed by atoms with Gasteiger partial charge in [0.15, 0.2) is 0 Å². The number of methoxy groups -OCH3 is 1. The molecule has 1 aliphatic heterocycles. The number of benzene rings is 2. The molecule has 1 saturated heterocycles. The summed E-state index contributed by atoms with van der Waals surface area (Å²) in [6.07, 6.45) is 1.54. The Morgan fingerprint density at radius 3 is 2.36 bits per heavy atom. The standard InChI is InChI=1S/C20H21FN2O4S/c1-27-17-7-8-18(19(21)15-17)20(24)22-10-12-23(13-11-22)28(25,26)14-9-16-5-3-2-4-6-16/h2-9,14-15H,10-13H2,1H3/b14-9+. The molecule has 0 saturated carbocycles. The Morgan fingerprint density at radius 2 is 1.75 bits per heavy atom. The molecular weight excluding hydrogens is 383 g/mol. The highest BCUT2D eigenvalue weighted by molar-refractivity contribution is 7.92. The molecule has 2 aromatic carbocycles. The quantitative estimate of drug-likeness (QED) is 0.768. The third kappa shape index (κ3) is 4.58. The maximum atomic E-state index is 14.1. The summed E-state index contributed by atoms with van der Waals surface area (Å²) in [6, 6.07) is 13.2. The number of amides is 1. The van der Waals surface area contributed by atoms with Gasteiger partial charge >= 0.3 is 0 Å². The molecular formula is C20H21FN2O4S. The van der Waals surface area contributed by atoms with Crippen LogP contribution in [0.15, 0.2) is 53.9 Å². The van der Waals surface area contributed by atoms with Gasteiger partial charge in [0.05, 0.1) is 12.7 Å². The Morgan fingerprint density at radius 1 is 1.07 bits per heavy atom. The zero-order chi connectivity index (χ0) is 20.1. The highest BCUT2D eigenvalue weighted by atomic mass is 32.2. The molecule has 0 spiro atoms. The predicted octanol–water partition coefficient (Wildman–Crippen LogP) is 2.59. The van der Waals surface area contributed by atoms with Crippen molar-refractivity contribution in [3.05, 3.63) is 70.9 Å². The summed E-state index contributed by atoms with van der Waals surface area (Å²) >= 11 is 0. The van der Waals surface area contributed by atoms with E-state index in [0.717, 1.165) is 11.6 Å². The van der Waals surface area contributed by atoms with Gasteiger partial charge < -0.3 is 9.64 Å². The van der Waals surface area contributed by atoms with Crippen molar-refractivity contribution in [1.82, 2.24) is 9.21 Å². The maximum absolute atomic E-state index is 14.1. The number of piperazine rings is 1. The van der Waals surface area contributed by atoms with Gasteiger partial charge in [0.2, 0.25) is 10.0 Å². The molecule has 1 heterocycles. The van der Waals surface area contributed by atoms with E-state index in [2.05, 4.69) is 0 Å². The van der Waals surface area contributed by atoms with Crippen LogP contribution in [0.25, 0.3) is 6.08 Å². The average Bonchev–Trinajstić information content (AvgIpc) is 2.72. The molecule has 6 nitrogen and oxygen atoms in total. The lowest BCUT2D eigenvalue weighted by molar-refractivity contribution is 0.0694. The van der Waals surface area contributed by atoms with E-state index in [0.29, 0.717) is 5.75 Å². The summed E-state index contributed by atoms with van der Waals surface area (Å²) in [6.45, 7) is 0.710. The summed E-state index contributed by atoms with van der Waals surface area (Å²) in [7, 11) is -2.17. The summed E-state index contributed by atoms with van der Waals surface area (Å²) in [4.78, 5) is 14.0. The van der Waals surface area contributed by atoms with E-state index in [4.69, 9.17) is 4.74 Å². The van der Waals surface area contributed by atoms with Crippen molar-refractivity contribution in [1.29, 1.82) is 0 Å². The zero-order valence-electron chi connectivity index (χ0n) is 15.4. The molecule has 148 valence electrons. The average molecular weight is 404 g/mol. The van der Waals surface area contributed by atoms with E-state index in [1.807, 2.05) is 30.3 Å². The number of carbonyl (C=O) groups is 1. The fraction of sp³-hybridized carbons (Fsp3) is 0.250. The highest BCUT2D eigenvalue weighted by Crippen LogP contribution is 2.19. The first-order valence-corrected chi connectivity index (χ1v) is 10.3. The Bertz CT molecular complexity index is 969. The van der Waals surface area contributed by atoms with E-state index >= 15 is 0 Å². The maximum Gasteiger partial charge on any atom is 0.256 e. The van der Waals surface area contributed by atoms with Gasteiger partial charge in [0, 0.05) is 37.7 Å². The number of hydrogen-bond acceptors (Lipinski definition) is 4. The third-order valence-corrected chi connectivity index (χ3v) is 6.09. The molecule has 0 aliphatic carbocycles. The van der Waals surface area contributed by atoms with Crippen molar-refractivity contribution in [2.75, 3.05) is 33.3 Å². The normalized spacial score (nSPS) is 15.7. The molecule has 8 heteroatoms. The van der Waals surface area contributed by atoms with E-state index in [1.165, 1.54) is 33.9 Å². The van der Waals surface area contributed by atoms with E-state index in [-0.39, 0.29) is 31.7 Å². The lowest BCUT2D eigenvalue weighted by Crippen LogP contribution is -2.50. The second-order valence-corrected chi connectivity index (χ2v) is 8.11. The molecule has 0 unspecified atom stereocenters.